The van der Waals surface area contributed by atoms with E-state index in [0.717, 1.165) is 29.6 Å². The van der Waals surface area contributed by atoms with Crippen molar-refractivity contribution in [3.63, 3.8) is 0 Å². The molecule has 4 aromatic rings. The van der Waals surface area contributed by atoms with Crippen LogP contribution in [0.15, 0.2) is 97.1 Å². The van der Waals surface area contributed by atoms with Crippen LogP contribution in [-0.2, 0) is 20.3 Å². The summed E-state index contributed by atoms with van der Waals surface area (Å²) in [6.45, 7) is 14.5. The number of rotatable bonds is 16. The topological polar surface area (TPSA) is 82.2 Å². The first-order valence-electron chi connectivity index (χ1n) is 16.9. The van der Waals surface area contributed by atoms with E-state index in [1.165, 1.54) is 22.3 Å². The number of ether oxygens (including phenoxy) is 6. The van der Waals surface area contributed by atoms with Crippen molar-refractivity contribution < 1.29 is 33.5 Å². The van der Waals surface area contributed by atoms with Crippen LogP contribution in [0.25, 0.3) is 0 Å². The molecule has 254 valence electrons. The summed E-state index contributed by atoms with van der Waals surface area (Å²) in [5.41, 5.74) is 4.36. The molecule has 0 aromatic heterocycles. The van der Waals surface area contributed by atoms with E-state index in [2.05, 4.69) is 76.2 Å². The van der Waals surface area contributed by atoms with Crippen molar-refractivity contribution in [3.05, 3.63) is 119 Å². The number of hydrogen-bond donors (Lipinski definition) is 1. The van der Waals surface area contributed by atoms with Crippen LogP contribution in [0.3, 0.4) is 0 Å². The number of epoxide rings is 2. The quantitative estimate of drug-likeness (QED) is 0.124. The number of aliphatic hydroxyl groups is 1. The van der Waals surface area contributed by atoms with Crippen LogP contribution in [0.4, 0.5) is 0 Å². The Hall–Kier alpha value is -4.04. The molecule has 5 atom stereocenters. The summed E-state index contributed by atoms with van der Waals surface area (Å²) >= 11 is 0. The predicted octanol–water partition coefficient (Wildman–Crippen LogP) is 7.84. The summed E-state index contributed by atoms with van der Waals surface area (Å²) in [4.78, 5) is 0. The zero-order chi connectivity index (χ0) is 33.9. The van der Waals surface area contributed by atoms with Crippen LogP contribution >= 0.6 is 0 Å². The number of hydrogen-bond acceptors (Lipinski definition) is 7. The number of aliphatic hydroxyl groups excluding tert-OH is 1. The van der Waals surface area contributed by atoms with Gasteiger partial charge in [0.2, 0.25) is 6.29 Å². The van der Waals surface area contributed by atoms with Crippen LogP contribution in [0.5, 0.6) is 23.0 Å². The highest BCUT2D eigenvalue weighted by molar-refractivity contribution is 5.43. The molecule has 2 fully saturated rings. The van der Waals surface area contributed by atoms with Gasteiger partial charge in [0, 0.05) is 17.3 Å². The molecule has 5 unspecified atom stereocenters. The lowest BCUT2D eigenvalue weighted by molar-refractivity contribution is 0.0636. The van der Waals surface area contributed by atoms with E-state index in [4.69, 9.17) is 28.4 Å². The zero-order valence-electron chi connectivity index (χ0n) is 28.8. The SMILES string of the molecule is CC(CC(O)COc1ccc(C(C)(C)c2ccc(OC(C)C3CO3)cc2)cc1)Oc1ccc(C(C)(C)c2ccc(OC3CO3)cc2)cc1. The molecule has 7 nitrogen and oxygen atoms in total. The second-order valence-corrected chi connectivity index (χ2v) is 14.1. The molecule has 1 N–H and O–H groups in total. The molecule has 0 aliphatic carbocycles. The van der Waals surface area contributed by atoms with Gasteiger partial charge >= 0.3 is 0 Å². The highest BCUT2D eigenvalue weighted by Gasteiger charge is 2.31. The fourth-order valence-corrected chi connectivity index (χ4v) is 5.95. The van der Waals surface area contributed by atoms with Gasteiger partial charge in [0.1, 0.15) is 48.4 Å². The standard InChI is InChI=1S/C41H48O7/c1-27(46-35-17-9-30(10-18-35)41(5,6)32-13-21-37(22-14-32)48-39-26-45-39)23-33(42)24-43-34-15-7-29(8-16-34)40(3,4)31-11-19-36(20-12-31)47-28(2)38-25-44-38/h7-22,27-28,33,38-39,42H,23-26H2,1-6H3. The van der Waals surface area contributed by atoms with E-state index < -0.39 is 6.10 Å². The fraction of sp³-hybridized carbons (Fsp3) is 0.415. The van der Waals surface area contributed by atoms with E-state index in [9.17, 15) is 5.11 Å². The first kappa shape index (κ1) is 33.8. The van der Waals surface area contributed by atoms with Crippen molar-refractivity contribution in [1.29, 1.82) is 0 Å². The van der Waals surface area contributed by atoms with Crippen LogP contribution in [0, 0.1) is 0 Å². The van der Waals surface area contributed by atoms with Gasteiger partial charge in [-0.2, -0.15) is 0 Å². The van der Waals surface area contributed by atoms with Gasteiger partial charge in [-0.05, 0) is 84.6 Å². The molecule has 0 saturated carbocycles. The zero-order valence-corrected chi connectivity index (χ0v) is 28.8. The summed E-state index contributed by atoms with van der Waals surface area (Å²) in [5, 5.41) is 10.7. The van der Waals surface area contributed by atoms with Gasteiger partial charge in [0.15, 0.2) is 0 Å². The lowest BCUT2D eigenvalue weighted by Crippen LogP contribution is -2.25. The first-order chi connectivity index (χ1) is 23.0. The minimum absolute atomic E-state index is 0.0561. The molecule has 0 radical (unpaired) electrons. The molecule has 0 amide bonds. The molecule has 6 rings (SSSR count). The lowest BCUT2D eigenvalue weighted by Gasteiger charge is -2.27. The molecule has 2 saturated heterocycles. The van der Waals surface area contributed by atoms with E-state index in [0.29, 0.717) is 13.0 Å². The van der Waals surface area contributed by atoms with Gasteiger partial charge in [-0.1, -0.05) is 76.2 Å². The Balaban J connectivity index is 0.955. The maximum Gasteiger partial charge on any atom is 0.223 e. The van der Waals surface area contributed by atoms with Gasteiger partial charge in [-0.3, -0.25) is 0 Å². The van der Waals surface area contributed by atoms with Gasteiger partial charge in [0.05, 0.1) is 18.8 Å². The monoisotopic (exact) mass is 652 g/mol. The molecule has 4 aromatic carbocycles. The van der Waals surface area contributed by atoms with Crippen LogP contribution < -0.4 is 18.9 Å². The third-order valence-corrected chi connectivity index (χ3v) is 9.46. The third kappa shape index (κ3) is 8.51. The Morgan fingerprint density at radius 1 is 0.625 bits per heavy atom. The second-order valence-electron chi connectivity index (χ2n) is 14.1. The maximum absolute atomic E-state index is 10.7. The lowest BCUT2D eigenvalue weighted by atomic mass is 9.78. The highest BCUT2D eigenvalue weighted by atomic mass is 16.8. The van der Waals surface area contributed by atoms with E-state index >= 15 is 0 Å². The largest absolute Gasteiger partial charge is 0.491 e. The summed E-state index contributed by atoms with van der Waals surface area (Å²) in [7, 11) is 0. The van der Waals surface area contributed by atoms with Crippen molar-refractivity contribution in [2.24, 2.45) is 0 Å². The third-order valence-electron chi connectivity index (χ3n) is 9.46. The number of benzene rings is 4. The van der Waals surface area contributed by atoms with Crippen LogP contribution in [0.2, 0.25) is 0 Å². The highest BCUT2D eigenvalue weighted by Crippen LogP contribution is 2.35. The summed E-state index contributed by atoms with van der Waals surface area (Å²) in [5.74, 6) is 3.16. The second kappa shape index (κ2) is 14.2. The van der Waals surface area contributed by atoms with Crippen LogP contribution in [0.1, 0.15) is 70.2 Å². The Bertz CT molecular complexity index is 1600. The van der Waals surface area contributed by atoms with Gasteiger partial charge in [0.25, 0.3) is 0 Å². The van der Waals surface area contributed by atoms with Crippen molar-refractivity contribution in [1.82, 2.24) is 0 Å². The maximum atomic E-state index is 10.7. The average Bonchev–Trinajstić information content (AvgIpc) is 4.01. The average molecular weight is 653 g/mol. The molecule has 2 aliphatic heterocycles. The van der Waals surface area contributed by atoms with E-state index in [1.807, 2.05) is 62.4 Å². The first-order valence-corrected chi connectivity index (χ1v) is 16.9. The minimum atomic E-state index is -0.664. The normalized spacial score (nSPS) is 19.1. The van der Waals surface area contributed by atoms with E-state index in [-0.39, 0.29) is 42.0 Å². The summed E-state index contributed by atoms with van der Waals surface area (Å²) in [6.07, 6.45) is -0.234. The van der Waals surface area contributed by atoms with Crippen molar-refractivity contribution in [3.8, 4) is 23.0 Å². The van der Waals surface area contributed by atoms with Crippen molar-refractivity contribution in [2.75, 3.05) is 19.8 Å². The Labute approximate surface area is 284 Å². The Morgan fingerprint density at radius 2 is 1.04 bits per heavy atom. The summed E-state index contributed by atoms with van der Waals surface area (Å²) in [6, 6.07) is 32.8. The van der Waals surface area contributed by atoms with Crippen LogP contribution in [-0.4, -0.2) is 55.6 Å². The molecule has 2 aliphatic rings. The van der Waals surface area contributed by atoms with Crippen molar-refractivity contribution in [2.45, 2.75) is 89.5 Å². The minimum Gasteiger partial charge on any atom is -0.491 e. The van der Waals surface area contributed by atoms with Gasteiger partial charge in [-0.25, -0.2) is 0 Å². The van der Waals surface area contributed by atoms with Gasteiger partial charge in [-0.15, -0.1) is 0 Å². The van der Waals surface area contributed by atoms with Crippen molar-refractivity contribution >= 4 is 0 Å². The van der Waals surface area contributed by atoms with Gasteiger partial charge < -0.3 is 33.5 Å². The summed E-state index contributed by atoms with van der Waals surface area (Å²) < 4.78 is 34.3. The Morgan fingerprint density at radius 3 is 1.48 bits per heavy atom. The predicted molar refractivity (Wildman–Crippen MR) is 186 cm³/mol. The van der Waals surface area contributed by atoms with E-state index in [1.54, 1.807) is 0 Å². The fourth-order valence-electron chi connectivity index (χ4n) is 5.95. The molecule has 0 spiro atoms. The molecule has 7 heteroatoms. The molecular formula is C41H48O7. The molecule has 0 bridgehead atoms. The molecule has 48 heavy (non-hydrogen) atoms. The molecular weight excluding hydrogens is 604 g/mol. The molecule has 2 heterocycles. The smallest absolute Gasteiger partial charge is 0.223 e. The Kier molecular flexibility index (Phi) is 10.0.